The van der Waals surface area contributed by atoms with E-state index in [-0.39, 0.29) is 11.9 Å². The smallest absolute Gasteiger partial charge is 0.268 e. The number of aryl methyl sites for hydroxylation is 1. The number of carbonyl (C=O) groups is 1. The van der Waals surface area contributed by atoms with Crippen LogP contribution in [0, 0.1) is 6.92 Å². The van der Waals surface area contributed by atoms with Crippen LogP contribution in [0.15, 0.2) is 28.8 Å². The monoisotopic (exact) mass is 267 g/mol. The van der Waals surface area contributed by atoms with Gasteiger partial charge in [0.2, 0.25) is 5.96 Å². The van der Waals surface area contributed by atoms with Crippen molar-refractivity contribution in [3.05, 3.63) is 34.7 Å². The number of amides is 1. The molecule has 6 heteroatoms. The number of hydrogen-bond donors (Lipinski definition) is 2. The van der Waals surface area contributed by atoms with Gasteiger partial charge in [0.05, 0.1) is 4.88 Å². The van der Waals surface area contributed by atoms with E-state index in [1.807, 2.05) is 31.2 Å². The van der Waals surface area contributed by atoms with Crippen molar-refractivity contribution in [2.45, 2.75) is 6.92 Å². The number of hydrogen-bond acceptors (Lipinski definition) is 3. The Kier molecular flexibility index (Phi) is 3.31. The van der Waals surface area contributed by atoms with Crippen molar-refractivity contribution < 1.29 is 4.79 Å². The van der Waals surface area contributed by atoms with E-state index >= 15 is 0 Å². The second-order valence-corrected chi connectivity index (χ2v) is 4.83. The average Bonchev–Trinajstić information content (AvgIpc) is 2.71. The minimum absolute atomic E-state index is 0.106. The van der Waals surface area contributed by atoms with Crippen molar-refractivity contribution in [1.29, 1.82) is 0 Å². The van der Waals surface area contributed by atoms with Crippen LogP contribution in [0.2, 0.25) is 0 Å². The van der Waals surface area contributed by atoms with Crippen molar-refractivity contribution in [1.82, 2.24) is 5.32 Å². The van der Waals surface area contributed by atoms with Gasteiger partial charge in [-0.25, -0.2) is 0 Å². The maximum absolute atomic E-state index is 11.7. The lowest BCUT2D eigenvalue weighted by atomic mass is 10.2. The van der Waals surface area contributed by atoms with Crippen LogP contribution >= 0.6 is 23.1 Å². The van der Waals surface area contributed by atoms with Gasteiger partial charge in [0, 0.05) is 16.5 Å². The number of benzene rings is 1. The van der Waals surface area contributed by atoms with Gasteiger partial charge in [0.1, 0.15) is 0 Å². The highest BCUT2D eigenvalue weighted by Gasteiger charge is 2.11. The molecule has 1 aromatic carbocycles. The predicted octanol–water partition coefficient (Wildman–Crippen LogP) is 2.41. The molecule has 0 radical (unpaired) electrons. The van der Waals surface area contributed by atoms with Crippen LogP contribution < -0.4 is 11.1 Å². The van der Waals surface area contributed by atoms with Crippen molar-refractivity contribution in [2.75, 3.05) is 0 Å². The molecule has 2 rings (SSSR count). The summed E-state index contributed by atoms with van der Waals surface area (Å²) in [5, 5.41) is 3.43. The lowest BCUT2D eigenvalue weighted by molar-refractivity contribution is 0.0981. The largest absolute Gasteiger partial charge is 0.369 e. The van der Waals surface area contributed by atoms with E-state index < -0.39 is 0 Å². The molecule has 4 nitrogen and oxygen atoms in total. The number of nitrogens with zero attached hydrogens (tertiary/aromatic N) is 1. The minimum Gasteiger partial charge on any atom is -0.369 e. The molecule has 0 atom stereocenters. The molecule has 0 aliphatic carbocycles. The standard InChI is InChI=1S/C11H10ClN3OS/c1-6-2-3-8-7(4-6)5-9(17-8)10(16)14-11(13)15-12/h2-5H,1H3,(H3,13,14,15,16). The summed E-state index contributed by atoms with van der Waals surface area (Å²) < 4.78 is 4.22. The molecule has 0 spiro atoms. The number of nitrogens with two attached hydrogens (primary N) is 1. The van der Waals surface area contributed by atoms with Gasteiger partial charge in [-0.15, -0.1) is 15.8 Å². The molecule has 0 fully saturated rings. The van der Waals surface area contributed by atoms with E-state index in [0.29, 0.717) is 4.88 Å². The van der Waals surface area contributed by atoms with Crippen molar-refractivity contribution in [3.63, 3.8) is 0 Å². The van der Waals surface area contributed by atoms with E-state index in [0.717, 1.165) is 15.6 Å². The van der Waals surface area contributed by atoms with Crippen LogP contribution in [0.3, 0.4) is 0 Å². The molecule has 0 aliphatic heterocycles. The topological polar surface area (TPSA) is 67.5 Å². The molecule has 1 aromatic heterocycles. The Balaban J connectivity index is 2.33. The van der Waals surface area contributed by atoms with Crippen LogP contribution in [0.1, 0.15) is 15.2 Å². The van der Waals surface area contributed by atoms with Gasteiger partial charge in [0.15, 0.2) is 0 Å². The number of rotatable bonds is 1. The third-order valence-corrected chi connectivity index (χ3v) is 3.53. The maximum atomic E-state index is 11.7. The zero-order valence-electron chi connectivity index (χ0n) is 9.03. The van der Waals surface area contributed by atoms with E-state index in [4.69, 9.17) is 17.5 Å². The first kappa shape index (κ1) is 11.9. The normalized spacial score (nSPS) is 11.8. The molecule has 2 aromatic rings. The minimum atomic E-state index is -0.300. The van der Waals surface area contributed by atoms with Crippen LogP contribution in [0.25, 0.3) is 10.1 Å². The van der Waals surface area contributed by atoms with Crippen LogP contribution in [0.5, 0.6) is 0 Å². The van der Waals surface area contributed by atoms with Gasteiger partial charge in [-0.2, -0.15) is 0 Å². The predicted molar refractivity (Wildman–Crippen MR) is 71.5 cm³/mol. The lowest BCUT2D eigenvalue weighted by Crippen LogP contribution is -2.35. The molecular formula is C11H10ClN3OS. The molecule has 3 N–H and O–H groups in total. The molecular weight excluding hydrogens is 258 g/mol. The zero-order valence-corrected chi connectivity index (χ0v) is 10.6. The maximum Gasteiger partial charge on any atom is 0.268 e. The Morgan fingerprint density at radius 1 is 1.47 bits per heavy atom. The Morgan fingerprint density at radius 3 is 2.94 bits per heavy atom. The summed E-state index contributed by atoms with van der Waals surface area (Å²) in [5.41, 5.74) is 6.48. The number of halogens is 1. The molecule has 0 bridgehead atoms. The van der Waals surface area contributed by atoms with Gasteiger partial charge in [-0.05, 0) is 24.4 Å². The fourth-order valence-corrected chi connectivity index (χ4v) is 2.45. The van der Waals surface area contributed by atoms with Crippen LogP contribution in [0.4, 0.5) is 0 Å². The van der Waals surface area contributed by atoms with Gasteiger partial charge in [-0.1, -0.05) is 17.7 Å². The summed E-state index contributed by atoms with van der Waals surface area (Å²) >= 11 is 6.54. The molecule has 88 valence electrons. The fourth-order valence-electron chi connectivity index (χ4n) is 1.47. The van der Waals surface area contributed by atoms with E-state index in [1.54, 1.807) is 0 Å². The third kappa shape index (κ3) is 2.57. The first-order valence-electron chi connectivity index (χ1n) is 4.86. The molecule has 1 heterocycles. The van der Waals surface area contributed by atoms with E-state index in [9.17, 15) is 4.79 Å². The van der Waals surface area contributed by atoms with Gasteiger partial charge >= 0.3 is 0 Å². The number of thiophene rings is 1. The number of carbonyl (C=O) groups excluding carboxylic acids is 1. The van der Waals surface area contributed by atoms with E-state index in [2.05, 4.69) is 9.83 Å². The number of fused-ring (bicyclic) bond motifs is 1. The highest BCUT2D eigenvalue weighted by Crippen LogP contribution is 2.26. The fraction of sp³-hybridized carbons (Fsp3) is 0.0909. The van der Waals surface area contributed by atoms with Gasteiger partial charge in [0.25, 0.3) is 5.91 Å². The summed E-state index contributed by atoms with van der Waals surface area (Å²) in [6, 6.07) is 7.85. The molecule has 0 unspecified atom stereocenters. The highest BCUT2D eigenvalue weighted by atomic mass is 35.5. The van der Waals surface area contributed by atoms with Crippen molar-refractivity contribution in [2.24, 2.45) is 10.2 Å². The zero-order chi connectivity index (χ0) is 12.4. The van der Waals surface area contributed by atoms with Crippen LogP contribution in [-0.4, -0.2) is 11.9 Å². The summed E-state index contributed by atoms with van der Waals surface area (Å²) in [7, 11) is 0. The lowest BCUT2D eigenvalue weighted by Gasteiger charge is -1.98. The summed E-state index contributed by atoms with van der Waals surface area (Å²) in [5.74, 6) is -0.406. The van der Waals surface area contributed by atoms with E-state index in [1.165, 1.54) is 11.3 Å². The summed E-state index contributed by atoms with van der Waals surface area (Å²) in [4.78, 5) is 12.3. The molecule has 0 aliphatic rings. The second-order valence-electron chi connectivity index (χ2n) is 3.58. The SMILES string of the molecule is Cc1ccc2sc(C(=O)NC(N)=NCl)cc2c1. The van der Waals surface area contributed by atoms with Crippen molar-refractivity contribution in [3.8, 4) is 0 Å². The second kappa shape index (κ2) is 4.73. The Hall–Kier alpha value is -1.59. The Morgan fingerprint density at radius 2 is 2.24 bits per heavy atom. The molecule has 17 heavy (non-hydrogen) atoms. The molecule has 0 saturated carbocycles. The Labute approximate surface area is 107 Å². The Bertz CT molecular complexity index is 606. The first-order valence-corrected chi connectivity index (χ1v) is 6.01. The highest BCUT2D eigenvalue weighted by molar-refractivity contribution is 7.20. The summed E-state index contributed by atoms with van der Waals surface area (Å²) in [6.45, 7) is 2.01. The molecule has 1 amide bonds. The molecule has 0 saturated heterocycles. The number of nitrogens with one attached hydrogen (secondary N) is 1. The van der Waals surface area contributed by atoms with Crippen LogP contribution in [-0.2, 0) is 0 Å². The third-order valence-electron chi connectivity index (χ3n) is 2.23. The van der Waals surface area contributed by atoms with Crippen molar-refractivity contribution >= 4 is 45.1 Å². The first-order chi connectivity index (χ1) is 8.10. The summed E-state index contributed by atoms with van der Waals surface area (Å²) in [6.07, 6.45) is 0. The number of guanidine groups is 1. The quantitative estimate of drug-likeness (QED) is 0.615. The van der Waals surface area contributed by atoms with Gasteiger partial charge in [-0.3, -0.25) is 10.1 Å². The van der Waals surface area contributed by atoms with Gasteiger partial charge < -0.3 is 5.73 Å². The average molecular weight is 268 g/mol.